The van der Waals surface area contributed by atoms with Crippen molar-refractivity contribution in [2.75, 3.05) is 0 Å². The fourth-order valence-corrected chi connectivity index (χ4v) is 3.24. The van der Waals surface area contributed by atoms with Gasteiger partial charge in [-0.1, -0.05) is 17.3 Å². The van der Waals surface area contributed by atoms with Crippen molar-refractivity contribution in [2.24, 2.45) is 0 Å². The summed E-state index contributed by atoms with van der Waals surface area (Å²) in [7, 11) is 0. The van der Waals surface area contributed by atoms with E-state index < -0.39 is 5.67 Å². The molecule has 5 aromatic rings. The second kappa shape index (κ2) is 5.70. The van der Waals surface area contributed by atoms with Crippen LogP contribution in [0.2, 0.25) is 0 Å². The van der Waals surface area contributed by atoms with E-state index in [0.29, 0.717) is 16.7 Å². The zero-order valence-corrected chi connectivity index (χ0v) is 14.3. The first-order valence-corrected chi connectivity index (χ1v) is 8.42. The van der Waals surface area contributed by atoms with Crippen molar-refractivity contribution in [1.82, 2.24) is 25.3 Å². The summed E-state index contributed by atoms with van der Waals surface area (Å²) in [4.78, 5) is 8.55. The third-order valence-electron chi connectivity index (χ3n) is 4.75. The molecular weight excluding hydrogens is 345 g/mol. The van der Waals surface area contributed by atoms with Gasteiger partial charge in [-0.15, -0.1) is 0 Å². The molecule has 1 atom stereocenters. The Hall–Kier alpha value is -3.61. The van der Waals surface area contributed by atoms with Gasteiger partial charge in [-0.2, -0.15) is 5.10 Å². The predicted octanol–water partition coefficient (Wildman–Crippen LogP) is 4.39. The average Bonchev–Trinajstić information content (AvgIpc) is 3.37. The van der Waals surface area contributed by atoms with Crippen molar-refractivity contribution in [1.29, 1.82) is 0 Å². The first-order valence-electron chi connectivity index (χ1n) is 8.42. The number of aromatic nitrogens is 5. The lowest BCUT2D eigenvalue weighted by Gasteiger charge is -2.19. The molecule has 0 radical (unpaired) electrons. The third-order valence-corrected chi connectivity index (χ3v) is 4.75. The molecule has 7 heteroatoms. The maximum absolute atomic E-state index is 15.9. The number of hydrogen-bond donors (Lipinski definition) is 1. The minimum atomic E-state index is -1.86. The van der Waals surface area contributed by atoms with E-state index in [2.05, 4.69) is 25.3 Å². The molecule has 0 aliphatic heterocycles. The van der Waals surface area contributed by atoms with E-state index in [1.807, 2.05) is 18.2 Å². The third kappa shape index (κ3) is 2.47. The SMILES string of the molecule is CC(F)(c1ccc2ncccc2c1)c1noc2ncc(-c3cn[nH]c3)cc12. The van der Waals surface area contributed by atoms with E-state index in [1.54, 1.807) is 43.0 Å². The Morgan fingerprint density at radius 3 is 2.85 bits per heavy atom. The molecule has 6 nitrogen and oxygen atoms in total. The van der Waals surface area contributed by atoms with Crippen LogP contribution in [0.15, 0.2) is 65.7 Å². The smallest absolute Gasteiger partial charge is 0.258 e. The van der Waals surface area contributed by atoms with E-state index in [4.69, 9.17) is 4.52 Å². The zero-order valence-electron chi connectivity index (χ0n) is 14.3. The van der Waals surface area contributed by atoms with Gasteiger partial charge in [0.15, 0.2) is 5.67 Å². The van der Waals surface area contributed by atoms with Gasteiger partial charge in [-0.25, -0.2) is 9.37 Å². The summed E-state index contributed by atoms with van der Waals surface area (Å²) in [6.07, 6.45) is 6.80. The monoisotopic (exact) mass is 359 g/mol. The average molecular weight is 359 g/mol. The predicted molar refractivity (Wildman–Crippen MR) is 98.7 cm³/mol. The number of benzene rings is 1. The van der Waals surface area contributed by atoms with Crippen molar-refractivity contribution < 1.29 is 8.91 Å². The summed E-state index contributed by atoms with van der Waals surface area (Å²) in [5.41, 5.74) is 1.58. The van der Waals surface area contributed by atoms with Crippen LogP contribution in [0.3, 0.4) is 0 Å². The van der Waals surface area contributed by atoms with Gasteiger partial charge in [0.2, 0.25) is 0 Å². The largest absolute Gasteiger partial charge is 0.335 e. The van der Waals surface area contributed by atoms with Crippen molar-refractivity contribution >= 4 is 22.0 Å². The summed E-state index contributed by atoms with van der Waals surface area (Å²) < 4.78 is 21.2. The van der Waals surface area contributed by atoms with Crippen LogP contribution in [0.25, 0.3) is 33.1 Å². The van der Waals surface area contributed by atoms with Crippen LogP contribution in [0, 0.1) is 0 Å². The second-order valence-electron chi connectivity index (χ2n) is 6.51. The molecule has 0 amide bonds. The lowest BCUT2D eigenvalue weighted by molar-refractivity contribution is 0.235. The Bertz CT molecular complexity index is 1260. The summed E-state index contributed by atoms with van der Waals surface area (Å²) in [5.74, 6) is 0. The molecule has 0 saturated heterocycles. The van der Waals surface area contributed by atoms with Crippen LogP contribution in [0.4, 0.5) is 4.39 Å². The summed E-state index contributed by atoms with van der Waals surface area (Å²) in [6, 6.07) is 10.9. The number of rotatable bonds is 3. The lowest BCUT2D eigenvalue weighted by Crippen LogP contribution is -2.18. The highest BCUT2D eigenvalue weighted by Gasteiger charge is 2.34. The number of aromatic amines is 1. The minimum absolute atomic E-state index is 0.193. The lowest BCUT2D eigenvalue weighted by atomic mass is 9.91. The van der Waals surface area contributed by atoms with Crippen LogP contribution < -0.4 is 0 Å². The first kappa shape index (κ1) is 15.6. The van der Waals surface area contributed by atoms with Crippen LogP contribution in [-0.4, -0.2) is 25.3 Å². The van der Waals surface area contributed by atoms with Gasteiger partial charge in [0.1, 0.15) is 5.69 Å². The van der Waals surface area contributed by atoms with E-state index in [9.17, 15) is 0 Å². The highest BCUT2D eigenvalue weighted by Crippen LogP contribution is 2.38. The van der Waals surface area contributed by atoms with Gasteiger partial charge in [0, 0.05) is 35.1 Å². The standard InChI is InChI=1S/C20H14FN5O/c1-20(21,15-4-5-17-12(7-15)3-2-6-22-17)18-16-8-13(14-10-24-25-11-14)9-23-19(16)27-26-18/h2-11H,1H3,(H,24,25). The van der Waals surface area contributed by atoms with Gasteiger partial charge < -0.3 is 4.52 Å². The molecule has 4 heterocycles. The van der Waals surface area contributed by atoms with Gasteiger partial charge >= 0.3 is 0 Å². The fourth-order valence-electron chi connectivity index (χ4n) is 3.24. The Balaban J connectivity index is 1.67. The van der Waals surface area contributed by atoms with E-state index in [1.165, 1.54) is 6.92 Å². The maximum Gasteiger partial charge on any atom is 0.258 e. The number of fused-ring (bicyclic) bond motifs is 2. The number of halogens is 1. The molecule has 0 spiro atoms. The molecule has 0 saturated carbocycles. The van der Waals surface area contributed by atoms with Gasteiger partial charge in [0.05, 0.1) is 17.1 Å². The number of nitrogens with zero attached hydrogens (tertiary/aromatic N) is 4. The molecule has 0 bridgehead atoms. The molecule has 1 aromatic carbocycles. The van der Waals surface area contributed by atoms with E-state index >= 15 is 4.39 Å². The molecular formula is C20H14FN5O. The molecule has 1 N–H and O–H groups in total. The number of alkyl halides is 1. The van der Waals surface area contributed by atoms with Crippen molar-refractivity contribution in [3.63, 3.8) is 0 Å². The quantitative estimate of drug-likeness (QED) is 0.517. The fraction of sp³-hybridized carbons (Fsp3) is 0.100. The normalized spacial score (nSPS) is 13.9. The van der Waals surface area contributed by atoms with Crippen LogP contribution in [-0.2, 0) is 5.67 Å². The summed E-state index contributed by atoms with van der Waals surface area (Å²) in [6.45, 7) is 1.48. The Morgan fingerprint density at radius 2 is 2.00 bits per heavy atom. The highest BCUT2D eigenvalue weighted by atomic mass is 19.1. The Labute approximate surface area is 153 Å². The maximum atomic E-state index is 15.9. The highest BCUT2D eigenvalue weighted by molar-refractivity contribution is 5.84. The van der Waals surface area contributed by atoms with E-state index in [0.717, 1.165) is 22.0 Å². The molecule has 132 valence electrons. The van der Waals surface area contributed by atoms with E-state index in [-0.39, 0.29) is 5.69 Å². The van der Waals surface area contributed by atoms with Gasteiger partial charge in [-0.3, -0.25) is 10.1 Å². The molecule has 5 rings (SSSR count). The van der Waals surface area contributed by atoms with Gasteiger partial charge in [-0.05, 0) is 36.8 Å². The van der Waals surface area contributed by atoms with Crippen LogP contribution in [0.1, 0.15) is 18.2 Å². The number of hydrogen-bond acceptors (Lipinski definition) is 5. The van der Waals surface area contributed by atoms with Crippen molar-refractivity contribution in [3.05, 3.63) is 72.4 Å². The summed E-state index contributed by atoms with van der Waals surface area (Å²) in [5, 5.41) is 12.1. The number of nitrogens with one attached hydrogen (secondary N) is 1. The molecule has 4 aromatic heterocycles. The first-order chi connectivity index (χ1) is 13.1. The van der Waals surface area contributed by atoms with Crippen molar-refractivity contribution in [3.8, 4) is 11.1 Å². The molecule has 0 aliphatic rings. The second-order valence-corrected chi connectivity index (χ2v) is 6.51. The molecule has 27 heavy (non-hydrogen) atoms. The van der Waals surface area contributed by atoms with Crippen molar-refractivity contribution in [2.45, 2.75) is 12.6 Å². The van der Waals surface area contributed by atoms with Crippen LogP contribution in [0.5, 0.6) is 0 Å². The summed E-state index contributed by atoms with van der Waals surface area (Å²) >= 11 is 0. The Morgan fingerprint density at radius 1 is 1.07 bits per heavy atom. The molecule has 1 unspecified atom stereocenters. The Kier molecular flexibility index (Phi) is 3.30. The molecule has 0 fully saturated rings. The number of pyridine rings is 2. The molecule has 0 aliphatic carbocycles. The minimum Gasteiger partial charge on any atom is -0.335 e. The van der Waals surface area contributed by atoms with Gasteiger partial charge in [0.25, 0.3) is 5.71 Å². The van der Waals surface area contributed by atoms with Crippen LogP contribution >= 0.6 is 0 Å². The zero-order chi connectivity index (χ0) is 18.4. The topological polar surface area (TPSA) is 80.5 Å². The number of H-pyrrole nitrogens is 1.